The van der Waals surface area contributed by atoms with Crippen LogP contribution in [0.2, 0.25) is 0 Å². The van der Waals surface area contributed by atoms with Crippen molar-refractivity contribution in [2.75, 3.05) is 12.8 Å². The maximum absolute atomic E-state index is 5.74. The largest absolute Gasteiger partial charge is 0.384 e. The lowest BCUT2D eigenvalue weighted by Crippen LogP contribution is -2.11. The molecule has 0 amide bonds. The van der Waals surface area contributed by atoms with Crippen molar-refractivity contribution in [3.63, 3.8) is 0 Å². The van der Waals surface area contributed by atoms with Crippen molar-refractivity contribution >= 4 is 5.82 Å². The summed E-state index contributed by atoms with van der Waals surface area (Å²) in [6.07, 6.45) is 3.32. The predicted molar refractivity (Wildman–Crippen MR) is 58.3 cm³/mol. The molecule has 1 saturated carbocycles. The van der Waals surface area contributed by atoms with Gasteiger partial charge in [0.05, 0.1) is 0 Å². The molecule has 1 unspecified atom stereocenters. The zero-order chi connectivity index (χ0) is 10.8. The van der Waals surface area contributed by atoms with Crippen LogP contribution >= 0.6 is 0 Å². The van der Waals surface area contributed by atoms with Gasteiger partial charge in [-0.05, 0) is 25.2 Å². The van der Waals surface area contributed by atoms with Crippen LogP contribution in [0, 0.1) is 5.92 Å². The van der Waals surface area contributed by atoms with Crippen molar-refractivity contribution in [1.82, 2.24) is 9.97 Å². The third-order valence-electron chi connectivity index (χ3n) is 2.74. The Balaban J connectivity index is 2.28. The average Bonchev–Trinajstić information content (AvgIpc) is 3.02. The smallest absolute Gasteiger partial charge is 0.159 e. The van der Waals surface area contributed by atoms with Gasteiger partial charge in [-0.2, -0.15) is 0 Å². The van der Waals surface area contributed by atoms with Crippen LogP contribution in [-0.2, 0) is 11.2 Å². The molecule has 0 radical (unpaired) electrons. The number of aryl methyl sites for hydroxylation is 1. The lowest BCUT2D eigenvalue weighted by atomic mass is 10.2. The van der Waals surface area contributed by atoms with Crippen LogP contribution in [0.15, 0.2) is 6.07 Å². The van der Waals surface area contributed by atoms with Gasteiger partial charge in [-0.1, -0.05) is 6.92 Å². The second-order valence-electron chi connectivity index (χ2n) is 3.99. The fraction of sp³-hybridized carbons (Fsp3) is 0.636. The molecule has 0 aromatic carbocycles. The van der Waals surface area contributed by atoms with Crippen molar-refractivity contribution in [2.24, 2.45) is 5.92 Å². The van der Waals surface area contributed by atoms with Crippen molar-refractivity contribution in [2.45, 2.75) is 32.3 Å². The van der Waals surface area contributed by atoms with E-state index in [1.807, 2.05) is 6.07 Å². The van der Waals surface area contributed by atoms with Gasteiger partial charge < -0.3 is 10.5 Å². The van der Waals surface area contributed by atoms with Gasteiger partial charge in [0.25, 0.3) is 0 Å². The molecule has 1 aromatic rings. The van der Waals surface area contributed by atoms with Crippen LogP contribution in [0.25, 0.3) is 0 Å². The quantitative estimate of drug-likeness (QED) is 0.816. The standard InChI is InChI=1S/C11H17N3O/c1-3-8-6-9(12)14-11(13-8)10(15-2)7-4-5-7/h6-7,10H,3-5H2,1-2H3,(H2,12,13,14). The molecule has 1 atom stereocenters. The molecule has 2 rings (SSSR count). The second kappa shape index (κ2) is 4.14. The summed E-state index contributed by atoms with van der Waals surface area (Å²) in [6.45, 7) is 2.06. The number of hydrogen-bond acceptors (Lipinski definition) is 4. The lowest BCUT2D eigenvalue weighted by Gasteiger charge is -2.14. The number of nitrogens with two attached hydrogens (primary N) is 1. The molecule has 2 N–H and O–H groups in total. The van der Waals surface area contributed by atoms with Gasteiger partial charge in [0.1, 0.15) is 11.9 Å². The minimum Gasteiger partial charge on any atom is -0.384 e. The van der Waals surface area contributed by atoms with E-state index in [0.717, 1.165) is 17.9 Å². The highest BCUT2D eigenvalue weighted by atomic mass is 16.5. The summed E-state index contributed by atoms with van der Waals surface area (Å²) in [7, 11) is 1.71. The number of aromatic nitrogens is 2. The van der Waals surface area contributed by atoms with Crippen molar-refractivity contribution in [3.05, 3.63) is 17.6 Å². The fourth-order valence-electron chi connectivity index (χ4n) is 1.76. The molecule has 0 saturated heterocycles. The Bertz CT molecular complexity index is 350. The lowest BCUT2D eigenvalue weighted by molar-refractivity contribution is 0.0771. The van der Waals surface area contributed by atoms with E-state index in [4.69, 9.17) is 10.5 Å². The number of nitrogens with zero attached hydrogens (tertiary/aromatic N) is 2. The number of nitrogen functional groups attached to an aromatic ring is 1. The van der Waals surface area contributed by atoms with E-state index in [2.05, 4.69) is 16.9 Å². The first kappa shape index (κ1) is 10.4. The van der Waals surface area contributed by atoms with E-state index in [1.54, 1.807) is 7.11 Å². The number of anilines is 1. The number of hydrogen-bond donors (Lipinski definition) is 1. The minimum absolute atomic E-state index is 0.0267. The first-order chi connectivity index (χ1) is 7.24. The van der Waals surface area contributed by atoms with Gasteiger partial charge in [0, 0.05) is 18.9 Å². The maximum Gasteiger partial charge on any atom is 0.159 e. The Morgan fingerprint density at radius 3 is 2.80 bits per heavy atom. The average molecular weight is 207 g/mol. The van der Waals surface area contributed by atoms with Crippen molar-refractivity contribution in [1.29, 1.82) is 0 Å². The predicted octanol–water partition coefficient (Wildman–Crippen LogP) is 1.72. The van der Waals surface area contributed by atoms with Crippen molar-refractivity contribution < 1.29 is 4.74 Å². The zero-order valence-electron chi connectivity index (χ0n) is 9.23. The van der Waals surface area contributed by atoms with E-state index in [9.17, 15) is 0 Å². The van der Waals surface area contributed by atoms with E-state index >= 15 is 0 Å². The van der Waals surface area contributed by atoms with Gasteiger partial charge in [-0.15, -0.1) is 0 Å². The summed E-state index contributed by atoms with van der Waals surface area (Å²) in [5, 5.41) is 0. The van der Waals surface area contributed by atoms with Crippen LogP contribution in [0.4, 0.5) is 5.82 Å². The summed E-state index contributed by atoms with van der Waals surface area (Å²) >= 11 is 0. The molecule has 1 aliphatic carbocycles. The van der Waals surface area contributed by atoms with Gasteiger partial charge in [-0.3, -0.25) is 0 Å². The maximum atomic E-state index is 5.74. The number of rotatable bonds is 4. The van der Waals surface area contributed by atoms with Crippen LogP contribution < -0.4 is 5.73 Å². The normalized spacial score (nSPS) is 17.7. The summed E-state index contributed by atoms with van der Waals surface area (Å²) in [4.78, 5) is 8.72. The number of methoxy groups -OCH3 is 1. The Kier molecular flexibility index (Phi) is 2.86. The van der Waals surface area contributed by atoms with Gasteiger partial charge in [0.15, 0.2) is 5.82 Å². The molecule has 0 aliphatic heterocycles. The van der Waals surface area contributed by atoms with Crippen LogP contribution in [0.3, 0.4) is 0 Å². The van der Waals surface area contributed by atoms with Gasteiger partial charge in [0.2, 0.25) is 0 Å². The highest BCUT2D eigenvalue weighted by molar-refractivity contribution is 5.30. The molecule has 4 heteroatoms. The molecular weight excluding hydrogens is 190 g/mol. The third-order valence-corrected chi connectivity index (χ3v) is 2.74. The Hall–Kier alpha value is -1.16. The van der Waals surface area contributed by atoms with E-state index in [-0.39, 0.29) is 6.10 Å². The molecule has 0 bridgehead atoms. The minimum atomic E-state index is 0.0267. The zero-order valence-corrected chi connectivity index (χ0v) is 9.23. The Morgan fingerprint density at radius 1 is 1.53 bits per heavy atom. The molecule has 1 aliphatic rings. The first-order valence-corrected chi connectivity index (χ1v) is 5.40. The van der Waals surface area contributed by atoms with Crippen LogP contribution in [0.5, 0.6) is 0 Å². The van der Waals surface area contributed by atoms with Gasteiger partial charge in [-0.25, -0.2) is 9.97 Å². The van der Waals surface area contributed by atoms with Gasteiger partial charge >= 0.3 is 0 Å². The second-order valence-corrected chi connectivity index (χ2v) is 3.99. The first-order valence-electron chi connectivity index (χ1n) is 5.40. The Morgan fingerprint density at radius 2 is 2.27 bits per heavy atom. The molecule has 15 heavy (non-hydrogen) atoms. The van der Waals surface area contributed by atoms with E-state index < -0.39 is 0 Å². The van der Waals surface area contributed by atoms with Crippen molar-refractivity contribution in [3.8, 4) is 0 Å². The number of ether oxygens (including phenoxy) is 1. The topological polar surface area (TPSA) is 61.0 Å². The molecule has 1 fully saturated rings. The molecule has 1 heterocycles. The molecule has 0 spiro atoms. The summed E-state index contributed by atoms with van der Waals surface area (Å²) in [5.41, 5.74) is 6.73. The Labute approximate surface area is 89.9 Å². The SMILES string of the molecule is CCc1cc(N)nc(C(OC)C2CC2)n1. The molecule has 4 nitrogen and oxygen atoms in total. The molecular formula is C11H17N3O. The monoisotopic (exact) mass is 207 g/mol. The summed E-state index contributed by atoms with van der Waals surface area (Å²) in [5.74, 6) is 1.87. The third kappa shape index (κ3) is 2.26. The van der Waals surface area contributed by atoms with Crippen LogP contribution in [0.1, 0.15) is 37.4 Å². The van der Waals surface area contributed by atoms with E-state index in [1.165, 1.54) is 12.8 Å². The molecule has 82 valence electrons. The highest BCUT2D eigenvalue weighted by Crippen LogP contribution is 2.41. The summed E-state index contributed by atoms with van der Waals surface area (Å²) in [6, 6.07) is 1.82. The fourth-order valence-corrected chi connectivity index (χ4v) is 1.76. The van der Waals surface area contributed by atoms with E-state index in [0.29, 0.717) is 11.7 Å². The highest BCUT2D eigenvalue weighted by Gasteiger charge is 2.34. The molecule has 1 aromatic heterocycles. The summed E-state index contributed by atoms with van der Waals surface area (Å²) < 4.78 is 5.43. The van der Waals surface area contributed by atoms with Crippen LogP contribution in [-0.4, -0.2) is 17.1 Å².